The number of ether oxygens (including phenoxy) is 2. The second-order valence-electron chi connectivity index (χ2n) is 9.58. The molecule has 0 bridgehead atoms. The molecule has 1 aliphatic heterocycles. The van der Waals surface area contributed by atoms with Gasteiger partial charge in [0.15, 0.2) is 0 Å². The summed E-state index contributed by atoms with van der Waals surface area (Å²) in [6.07, 6.45) is 5.67. The van der Waals surface area contributed by atoms with Crippen LogP contribution in [-0.2, 0) is 30.3 Å². The van der Waals surface area contributed by atoms with E-state index in [1.165, 1.54) is 25.5 Å². The van der Waals surface area contributed by atoms with Gasteiger partial charge in [0.25, 0.3) is 0 Å². The van der Waals surface area contributed by atoms with Gasteiger partial charge >= 0.3 is 11.9 Å². The summed E-state index contributed by atoms with van der Waals surface area (Å²) in [4.78, 5) is 40.2. The maximum absolute atomic E-state index is 13.2. The van der Waals surface area contributed by atoms with Crippen LogP contribution in [0.5, 0.6) is 0 Å². The second-order valence-corrected chi connectivity index (χ2v) is 9.58. The third-order valence-corrected chi connectivity index (χ3v) is 7.14. The molecule has 202 valence electrons. The molecule has 1 saturated carbocycles. The van der Waals surface area contributed by atoms with Crippen molar-refractivity contribution in [2.75, 3.05) is 19.1 Å². The van der Waals surface area contributed by atoms with E-state index in [9.17, 15) is 19.6 Å². The van der Waals surface area contributed by atoms with Gasteiger partial charge in [-0.1, -0.05) is 61.7 Å². The number of hydrogen-bond acceptors (Lipinski definition) is 8. The summed E-state index contributed by atoms with van der Waals surface area (Å²) in [6.45, 7) is 0. The summed E-state index contributed by atoms with van der Waals surface area (Å²) in [5.74, 6) is -2.59. The zero-order valence-corrected chi connectivity index (χ0v) is 22.1. The van der Waals surface area contributed by atoms with Crippen LogP contribution in [0, 0.1) is 11.3 Å². The minimum Gasteiger partial charge on any atom is -0.466 e. The molecule has 0 aromatic heterocycles. The molecule has 39 heavy (non-hydrogen) atoms. The van der Waals surface area contributed by atoms with E-state index < -0.39 is 17.9 Å². The lowest BCUT2D eigenvalue weighted by Crippen LogP contribution is -2.40. The van der Waals surface area contributed by atoms with E-state index in [4.69, 9.17) is 15.2 Å². The number of esters is 2. The number of rotatable bonds is 7. The zero-order valence-electron chi connectivity index (χ0n) is 22.1. The molecular weight excluding hydrogens is 496 g/mol. The number of amides is 1. The van der Waals surface area contributed by atoms with Crippen LogP contribution >= 0.6 is 0 Å². The number of allylic oxidation sites excluding steroid dienone is 1. The summed E-state index contributed by atoms with van der Waals surface area (Å²) < 4.78 is 10.1. The van der Waals surface area contributed by atoms with Gasteiger partial charge in [-0.15, -0.1) is 0 Å². The Hall–Kier alpha value is -4.58. The fraction of sp³-hybridized carbons (Fsp3) is 0.333. The fourth-order valence-corrected chi connectivity index (χ4v) is 5.26. The quantitative estimate of drug-likeness (QED) is 0.521. The summed E-state index contributed by atoms with van der Waals surface area (Å²) in [5.41, 5.74) is 8.20. The highest BCUT2D eigenvalue weighted by atomic mass is 16.5. The van der Waals surface area contributed by atoms with Gasteiger partial charge in [-0.2, -0.15) is 5.26 Å². The van der Waals surface area contributed by atoms with E-state index in [0.29, 0.717) is 11.3 Å². The number of nitrogens with two attached hydrogens (primary N) is 1. The molecule has 2 aliphatic rings. The highest BCUT2D eigenvalue weighted by Crippen LogP contribution is 2.43. The van der Waals surface area contributed by atoms with Crippen molar-refractivity contribution < 1.29 is 23.9 Å². The predicted octanol–water partition coefficient (Wildman–Crippen LogP) is 3.58. The lowest BCUT2D eigenvalue weighted by molar-refractivity contribution is -0.139. The molecule has 2 aromatic rings. The smallest absolute Gasteiger partial charge is 0.355 e. The van der Waals surface area contributed by atoms with E-state index >= 15 is 0 Å². The lowest BCUT2D eigenvalue weighted by atomic mass is 9.81. The minimum atomic E-state index is -0.934. The molecule has 1 amide bonds. The van der Waals surface area contributed by atoms with E-state index in [-0.39, 0.29) is 41.0 Å². The van der Waals surface area contributed by atoms with Crippen molar-refractivity contribution in [2.45, 2.75) is 50.5 Å². The molecule has 1 fully saturated rings. The van der Waals surface area contributed by atoms with Crippen LogP contribution < -0.4 is 16.0 Å². The predicted molar refractivity (Wildman–Crippen MR) is 145 cm³/mol. The van der Waals surface area contributed by atoms with Crippen molar-refractivity contribution in [1.29, 1.82) is 5.26 Å². The Bertz CT molecular complexity index is 1340. The monoisotopic (exact) mass is 528 g/mol. The van der Waals surface area contributed by atoms with Gasteiger partial charge in [0.05, 0.1) is 43.8 Å². The molecule has 9 heteroatoms. The summed E-state index contributed by atoms with van der Waals surface area (Å²) in [5, 5.41) is 13.2. The van der Waals surface area contributed by atoms with E-state index in [2.05, 4.69) is 11.4 Å². The molecule has 2 aromatic carbocycles. The number of anilines is 1. The molecule has 1 aliphatic carbocycles. The lowest BCUT2D eigenvalue weighted by Gasteiger charge is -2.35. The molecule has 0 radical (unpaired) electrons. The van der Waals surface area contributed by atoms with Gasteiger partial charge in [0, 0.05) is 11.7 Å². The van der Waals surface area contributed by atoms with Crippen LogP contribution in [0.15, 0.2) is 77.3 Å². The van der Waals surface area contributed by atoms with Crippen molar-refractivity contribution in [2.24, 2.45) is 5.73 Å². The first kappa shape index (κ1) is 27.5. The molecule has 0 spiro atoms. The highest BCUT2D eigenvalue weighted by molar-refractivity contribution is 6.06. The van der Waals surface area contributed by atoms with Crippen LogP contribution in [-0.4, -0.2) is 38.1 Å². The van der Waals surface area contributed by atoms with Gasteiger partial charge in [-0.3, -0.25) is 9.69 Å². The first-order chi connectivity index (χ1) is 18.9. The summed E-state index contributed by atoms with van der Waals surface area (Å²) in [7, 11) is 2.41. The Morgan fingerprint density at radius 3 is 2.21 bits per heavy atom. The van der Waals surface area contributed by atoms with E-state index in [1.54, 1.807) is 54.6 Å². The molecule has 1 heterocycles. The molecular formula is C30H32N4O5. The standard InChI is InChI=1S/C30H32N4O5/c1-38-29(36)26-25(20-9-5-3-6-10-20)23(18-31)28(32)34(27(26)30(37)39-2)22-15-13-19(14-16-22)17-24(35)33-21-11-7-4-8-12-21/h3,5-6,9-10,13-16,21,25H,4,7-8,11-12,17,32H2,1-2H3,(H,33,35). The SMILES string of the molecule is COC(=O)C1=C(C(=O)OC)N(c2ccc(CC(=O)NC3CCCCC3)cc2)C(N)=C(C#N)C1c1ccccc1. The third kappa shape index (κ3) is 5.80. The Kier molecular flexibility index (Phi) is 8.67. The average Bonchev–Trinajstić information content (AvgIpc) is 2.97. The van der Waals surface area contributed by atoms with Crippen molar-refractivity contribution in [3.63, 3.8) is 0 Å². The van der Waals surface area contributed by atoms with Crippen molar-refractivity contribution >= 4 is 23.5 Å². The fourth-order valence-electron chi connectivity index (χ4n) is 5.26. The van der Waals surface area contributed by atoms with Gasteiger partial charge in [0.2, 0.25) is 5.91 Å². The van der Waals surface area contributed by atoms with Crippen LogP contribution in [0.3, 0.4) is 0 Å². The number of benzene rings is 2. The Morgan fingerprint density at radius 1 is 0.974 bits per heavy atom. The molecule has 4 rings (SSSR count). The molecule has 1 atom stereocenters. The minimum absolute atomic E-state index is 0.0119. The van der Waals surface area contributed by atoms with Crippen molar-refractivity contribution in [3.05, 3.63) is 88.4 Å². The maximum Gasteiger partial charge on any atom is 0.355 e. The van der Waals surface area contributed by atoms with Gasteiger partial charge < -0.3 is 20.5 Å². The largest absolute Gasteiger partial charge is 0.466 e. The number of nitrogens with one attached hydrogen (secondary N) is 1. The van der Waals surface area contributed by atoms with E-state index in [0.717, 1.165) is 31.2 Å². The number of nitriles is 1. The molecule has 9 nitrogen and oxygen atoms in total. The summed E-state index contributed by atoms with van der Waals surface area (Å²) >= 11 is 0. The number of carbonyl (C=O) groups is 3. The van der Waals surface area contributed by atoms with Gasteiger partial charge in [0.1, 0.15) is 11.5 Å². The molecule has 1 unspecified atom stereocenters. The molecule has 0 saturated heterocycles. The van der Waals surface area contributed by atoms with Gasteiger partial charge in [-0.25, -0.2) is 9.59 Å². The second kappa shape index (κ2) is 12.3. The maximum atomic E-state index is 13.2. The van der Waals surface area contributed by atoms with Gasteiger partial charge in [-0.05, 0) is 36.1 Å². The number of carbonyl (C=O) groups excluding carboxylic acids is 3. The summed E-state index contributed by atoms with van der Waals surface area (Å²) in [6, 6.07) is 18.1. The van der Waals surface area contributed by atoms with E-state index in [1.807, 2.05) is 0 Å². The first-order valence-corrected chi connectivity index (χ1v) is 12.9. The average molecular weight is 529 g/mol. The van der Waals surface area contributed by atoms with Crippen LogP contribution in [0.1, 0.15) is 49.1 Å². The third-order valence-electron chi connectivity index (χ3n) is 7.14. The topological polar surface area (TPSA) is 135 Å². The van der Waals surface area contributed by atoms with Crippen molar-refractivity contribution in [1.82, 2.24) is 5.32 Å². The Morgan fingerprint density at radius 2 is 1.62 bits per heavy atom. The van der Waals surface area contributed by atoms with Crippen molar-refractivity contribution in [3.8, 4) is 6.07 Å². The normalized spacial score (nSPS) is 17.9. The first-order valence-electron chi connectivity index (χ1n) is 12.9. The Balaban J connectivity index is 1.73. The van der Waals surface area contributed by atoms with Crippen LogP contribution in [0.4, 0.5) is 5.69 Å². The Labute approximate surface area is 227 Å². The number of hydrogen-bond donors (Lipinski definition) is 2. The number of nitrogens with zero attached hydrogens (tertiary/aromatic N) is 2. The number of methoxy groups -OCH3 is 2. The van der Waals surface area contributed by atoms with Crippen LogP contribution in [0.25, 0.3) is 0 Å². The molecule has 3 N–H and O–H groups in total. The van der Waals surface area contributed by atoms with Crippen LogP contribution in [0.2, 0.25) is 0 Å². The highest BCUT2D eigenvalue weighted by Gasteiger charge is 2.42. The zero-order chi connectivity index (χ0) is 27.9.